The van der Waals surface area contributed by atoms with Crippen LogP contribution in [-0.2, 0) is 11.3 Å². The zero-order chi connectivity index (χ0) is 20.5. The Bertz CT molecular complexity index is 688. The minimum atomic E-state index is -0.105. The number of ether oxygens (including phenoxy) is 1. The molecule has 7 heteroatoms. The first-order valence-electron chi connectivity index (χ1n) is 10.9. The van der Waals surface area contributed by atoms with Gasteiger partial charge < -0.3 is 20.3 Å². The summed E-state index contributed by atoms with van der Waals surface area (Å²) in [4.78, 5) is 21.5. The minimum absolute atomic E-state index is 0.0366. The van der Waals surface area contributed by atoms with Crippen molar-refractivity contribution in [2.45, 2.75) is 45.7 Å². The average Bonchev–Trinajstić information content (AvgIpc) is 3.42. The van der Waals surface area contributed by atoms with Gasteiger partial charge in [-0.15, -0.1) is 0 Å². The Morgan fingerprint density at radius 1 is 1.17 bits per heavy atom. The molecule has 2 aliphatic heterocycles. The molecule has 160 valence electrons. The summed E-state index contributed by atoms with van der Waals surface area (Å²) in [5.74, 6) is 1.58. The van der Waals surface area contributed by atoms with Gasteiger partial charge in [-0.05, 0) is 63.9 Å². The Labute approximate surface area is 174 Å². The molecule has 2 heterocycles. The van der Waals surface area contributed by atoms with Crippen molar-refractivity contribution in [1.29, 1.82) is 0 Å². The van der Waals surface area contributed by atoms with Crippen LogP contribution >= 0.6 is 0 Å². The number of carbonyl (C=O) groups excluding carboxylic acids is 1. The van der Waals surface area contributed by atoms with Crippen molar-refractivity contribution in [2.75, 3.05) is 45.9 Å². The van der Waals surface area contributed by atoms with Crippen LogP contribution in [0.15, 0.2) is 29.3 Å². The topological polar surface area (TPSA) is 69.2 Å². The molecule has 1 aromatic carbocycles. The first-order valence-corrected chi connectivity index (χ1v) is 10.9. The summed E-state index contributed by atoms with van der Waals surface area (Å²) in [6.07, 6.45) is 3.89. The van der Waals surface area contributed by atoms with Gasteiger partial charge in [-0.2, -0.15) is 0 Å². The largest absolute Gasteiger partial charge is 0.484 e. The fraction of sp³-hybridized carbons (Fsp3) is 0.636. The Hall–Kier alpha value is -2.28. The van der Waals surface area contributed by atoms with Crippen molar-refractivity contribution >= 4 is 11.9 Å². The van der Waals surface area contributed by atoms with Crippen molar-refractivity contribution in [3.05, 3.63) is 29.8 Å². The first kappa shape index (κ1) is 21.4. The van der Waals surface area contributed by atoms with Crippen LogP contribution in [0.2, 0.25) is 0 Å². The third-order valence-corrected chi connectivity index (χ3v) is 5.51. The van der Waals surface area contributed by atoms with E-state index in [1.54, 1.807) is 0 Å². The van der Waals surface area contributed by atoms with Crippen LogP contribution in [0.25, 0.3) is 0 Å². The van der Waals surface area contributed by atoms with E-state index in [4.69, 9.17) is 9.73 Å². The van der Waals surface area contributed by atoms with Crippen LogP contribution in [-0.4, -0.2) is 73.6 Å². The number of nitrogens with one attached hydrogen (secondary N) is 2. The molecule has 2 N–H and O–H groups in total. The highest BCUT2D eigenvalue weighted by Crippen LogP contribution is 2.21. The Morgan fingerprint density at radius 2 is 1.97 bits per heavy atom. The summed E-state index contributed by atoms with van der Waals surface area (Å²) < 4.78 is 5.59. The van der Waals surface area contributed by atoms with Crippen LogP contribution in [0.4, 0.5) is 0 Å². The second kappa shape index (κ2) is 11.0. The van der Waals surface area contributed by atoms with Crippen molar-refractivity contribution in [2.24, 2.45) is 4.99 Å². The fourth-order valence-electron chi connectivity index (χ4n) is 4.06. The molecule has 0 spiro atoms. The van der Waals surface area contributed by atoms with E-state index >= 15 is 0 Å². The molecule has 29 heavy (non-hydrogen) atoms. The molecule has 0 radical (unpaired) electrons. The highest BCUT2D eigenvalue weighted by Gasteiger charge is 2.30. The van der Waals surface area contributed by atoms with E-state index in [1.807, 2.05) is 31.2 Å². The Morgan fingerprint density at radius 3 is 2.72 bits per heavy atom. The van der Waals surface area contributed by atoms with E-state index in [1.165, 1.54) is 32.4 Å². The zero-order valence-electron chi connectivity index (χ0n) is 17.8. The molecule has 0 aromatic heterocycles. The van der Waals surface area contributed by atoms with E-state index in [0.29, 0.717) is 24.9 Å². The highest BCUT2D eigenvalue weighted by molar-refractivity contribution is 5.80. The van der Waals surface area contributed by atoms with Crippen LogP contribution in [0.1, 0.15) is 38.7 Å². The monoisotopic (exact) mass is 401 g/mol. The van der Waals surface area contributed by atoms with E-state index in [9.17, 15) is 4.79 Å². The lowest BCUT2D eigenvalue weighted by atomic mass is 10.2. The molecule has 7 nitrogen and oxygen atoms in total. The van der Waals surface area contributed by atoms with Gasteiger partial charge in [0.05, 0.1) is 6.54 Å². The molecule has 3 rings (SSSR count). The van der Waals surface area contributed by atoms with Crippen LogP contribution < -0.4 is 15.4 Å². The maximum atomic E-state index is 11.6. The van der Waals surface area contributed by atoms with Gasteiger partial charge in [0.25, 0.3) is 5.91 Å². The van der Waals surface area contributed by atoms with E-state index in [-0.39, 0.29) is 12.5 Å². The molecular weight excluding hydrogens is 366 g/mol. The normalized spacial score (nSPS) is 20.1. The number of likely N-dealkylation sites (tertiary alicyclic amines) is 2. The second-order valence-electron chi connectivity index (χ2n) is 7.69. The number of likely N-dealkylation sites (N-methyl/N-ethyl adjacent to an activating group) is 1. The number of carbonyl (C=O) groups is 1. The van der Waals surface area contributed by atoms with Crippen molar-refractivity contribution in [1.82, 2.24) is 20.4 Å². The molecule has 1 atom stereocenters. The number of rotatable bonds is 8. The zero-order valence-corrected chi connectivity index (χ0v) is 17.8. The maximum absolute atomic E-state index is 11.6. The van der Waals surface area contributed by atoms with Crippen molar-refractivity contribution in [3.8, 4) is 5.75 Å². The van der Waals surface area contributed by atoms with Crippen molar-refractivity contribution < 1.29 is 9.53 Å². The van der Waals surface area contributed by atoms with E-state index in [0.717, 1.165) is 31.2 Å². The molecule has 0 aliphatic carbocycles. The third-order valence-electron chi connectivity index (χ3n) is 5.51. The van der Waals surface area contributed by atoms with Crippen LogP contribution in [0.3, 0.4) is 0 Å². The molecule has 0 saturated carbocycles. The van der Waals surface area contributed by atoms with Crippen LogP contribution in [0, 0.1) is 0 Å². The summed E-state index contributed by atoms with van der Waals surface area (Å²) in [6.45, 7) is 10.7. The summed E-state index contributed by atoms with van der Waals surface area (Å²) >= 11 is 0. The first-order chi connectivity index (χ1) is 14.2. The molecule has 1 unspecified atom stereocenters. The van der Waals surface area contributed by atoms with Gasteiger partial charge in [-0.25, -0.2) is 4.99 Å². The second-order valence-corrected chi connectivity index (χ2v) is 7.69. The number of aliphatic imine (C=N–C) groups is 1. The van der Waals surface area contributed by atoms with Crippen LogP contribution in [0.5, 0.6) is 5.75 Å². The molecule has 1 amide bonds. The Balaban J connectivity index is 1.57. The summed E-state index contributed by atoms with van der Waals surface area (Å²) in [5.41, 5.74) is 1.07. The van der Waals surface area contributed by atoms with E-state index < -0.39 is 0 Å². The van der Waals surface area contributed by atoms with Gasteiger partial charge in [0.15, 0.2) is 12.6 Å². The quantitative estimate of drug-likeness (QED) is 0.514. The van der Waals surface area contributed by atoms with Gasteiger partial charge >= 0.3 is 0 Å². The average molecular weight is 402 g/mol. The predicted octanol–water partition coefficient (Wildman–Crippen LogP) is 1.84. The summed E-state index contributed by atoms with van der Waals surface area (Å²) in [5, 5.41) is 6.18. The summed E-state index contributed by atoms with van der Waals surface area (Å²) in [6, 6.07) is 8.49. The highest BCUT2D eigenvalue weighted by atomic mass is 16.5. The fourth-order valence-corrected chi connectivity index (χ4v) is 4.06. The molecule has 2 saturated heterocycles. The molecule has 2 fully saturated rings. The van der Waals surface area contributed by atoms with Gasteiger partial charge in [-0.1, -0.05) is 12.1 Å². The number of hydrogen-bond acceptors (Lipinski definition) is 4. The van der Waals surface area contributed by atoms with Crippen molar-refractivity contribution in [3.63, 3.8) is 0 Å². The SMILES string of the molecule is CCNC(=O)COc1cccc(CN=C(NCC)N2CCC(N3CCCC3)C2)c1. The predicted molar refractivity (Wildman–Crippen MR) is 116 cm³/mol. The van der Waals surface area contributed by atoms with Gasteiger partial charge in [0.2, 0.25) is 0 Å². The van der Waals surface area contributed by atoms with E-state index in [2.05, 4.69) is 27.4 Å². The lowest BCUT2D eigenvalue weighted by molar-refractivity contribution is -0.122. The smallest absolute Gasteiger partial charge is 0.257 e. The Kier molecular flexibility index (Phi) is 8.16. The lowest BCUT2D eigenvalue weighted by Crippen LogP contribution is -2.42. The summed E-state index contributed by atoms with van der Waals surface area (Å²) in [7, 11) is 0. The maximum Gasteiger partial charge on any atom is 0.257 e. The van der Waals surface area contributed by atoms with Gasteiger partial charge in [0, 0.05) is 32.2 Å². The molecule has 2 aliphatic rings. The standard InChI is InChI=1S/C22H35N5O2/c1-3-23-21(28)17-29-20-9-7-8-18(14-20)15-25-22(24-4-2)27-13-10-19(16-27)26-11-5-6-12-26/h7-9,14,19H,3-6,10-13,15-17H2,1-2H3,(H,23,28)(H,24,25). The number of guanidine groups is 1. The number of amides is 1. The number of nitrogens with zero attached hydrogens (tertiary/aromatic N) is 3. The molecular formula is C22H35N5O2. The minimum Gasteiger partial charge on any atom is -0.484 e. The molecule has 0 bridgehead atoms. The van der Waals surface area contributed by atoms with Gasteiger partial charge in [-0.3, -0.25) is 9.69 Å². The van der Waals surface area contributed by atoms with Gasteiger partial charge in [0.1, 0.15) is 5.75 Å². The number of benzene rings is 1. The number of hydrogen-bond donors (Lipinski definition) is 2. The lowest BCUT2D eigenvalue weighted by Gasteiger charge is -2.25. The molecule has 1 aromatic rings. The third kappa shape index (κ3) is 6.35.